The number of fused-ring (bicyclic) bond motifs is 1. The quantitative estimate of drug-likeness (QED) is 0.699. The highest BCUT2D eigenvalue weighted by Crippen LogP contribution is 2.20. The Morgan fingerprint density at radius 3 is 2.26 bits per heavy atom. The molecule has 0 saturated carbocycles. The molecule has 4 nitrogen and oxygen atoms in total. The van der Waals surface area contributed by atoms with E-state index in [1.807, 2.05) is 36.4 Å². The number of carboxylic acid groups (broad SMARTS) is 1. The molecule has 6 heteroatoms. The predicted molar refractivity (Wildman–Crippen MR) is 97.3 cm³/mol. The van der Waals surface area contributed by atoms with Gasteiger partial charge in [-0.3, -0.25) is 4.79 Å². The lowest BCUT2D eigenvalue weighted by atomic mass is 9.98. The second kappa shape index (κ2) is 7.95. The van der Waals surface area contributed by atoms with Crippen LogP contribution in [0.2, 0.25) is 0 Å². The van der Waals surface area contributed by atoms with Crippen LogP contribution in [0, 0.1) is 11.6 Å². The van der Waals surface area contributed by atoms with Crippen molar-refractivity contribution in [2.75, 3.05) is 0 Å². The van der Waals surface area contributed by atoms with Crippen molar-refractivity contribution < 1.29 is 23.5 Å². The highest BCUT2D eigenvalue weighted by Gasteiger charge is 2.22. The van der Waals surface area contributed by atoms with Gasteiger partial charge in [0.05, 0.1) is 6.42 Å². The van der Waals surface area contributed by atoms with E-state index in [0.29, 0.717) is 0 Å². The fourth-order valence-corrected chi connectivity index (χ4v) is 3.00. The molecule has 0 aliphatic rings. The molecule has 0 fully saturated rings. The monoisotopic (exact) mass is 369 g/mol. The minimum absolute atomic E-state index is 0.0577. The molecule has 3 rings (SSSR count). The Labute approximate surface area is 154 Å². The van der Waals surface area contributed by atoms with E-state index < -0.39 is 36.0 Å². The smallest absolute Gasteiger partial charge is 0.326 e. The number of carboxylic acids is 1. The fraction of sp³-hybridized carbons (Fsp3) is 0.143. The molecule has 3 aromatic carbocycles. The van der Waals surface area contributed by atoms with Gasteiger partial charge >= 0.3 is 5.97 Å². The maximum atomic E-state index is 13.7. The number of benzene rings is 3. The molecule has 27 heavy (non-hydrogen) atoms. The molecule has 0 spiro atoms. The molecule has 0 radical (unpaired) electrons. The van der Waals surface area contributed by atoms with E-state index in [4.69, 9.17) is 0 Å². The van der Waals surface area contributed by atoms with Crippen LogP contribution in [-0.2, 0) is 22.4 Å². The summed E-state index contributed by atoms with van der Waals surface area (Å²) in [5.41, 5.74) is 0.377. The topological polar surface area (TPSA) is 66.4 Å². The van der Waals surface area contributed by atoms with Crippen molar-refractivity contribution >= 4 is 22.6 Å². The van der Waals surface area contributed by atoms with Gasteiger partial charge in [-0.05, 0) is 28.5 Å². The largest absolute Gasteiger partial charge is 0.480 e. The predicted octanol–water partition coefficient (Wildman–Crippen LogP) is 3.47. The molecule has 1 atom stereocenters. The number of hydrogen-bond donors (Lipinski definition) is 2. The summed E-state index contributed by atoms with van der Waals surface area (Å²) in [4.78, 5) is 23.8. The molecule has 3 aromatic rings. The second-order valence-electron chi connectivity index (χ2n) is 6.18. The third-order valence-corrected chi connectivity index (χ3v) is 4.34. The first kappa shape index (κ1) is 18.5. The average molecular weight is 369 g/mol. The maximum absolute atomic E-state index is 13.7. The van der Waals surface area contributed by atoms with Gasteiger partial charge < -0.3 is 10.4 Å². The van der Waals surface area contributed by atoms with E-state index in [0.717, 1.165) is 28.5 Å². The van der Waals surface area contributed by atoms with Gasteiger partial charge in [0.15, 0.2) is 0 Å². The molecule has 138 valence electrons. The Bertz CT molecular complexity index is 978. The van der Waals surface area contributed by atoms with Crippen LogP contribution >= 0.6 is 0 Å². The van der Waals surface area contributed by atoms with Crippen molar-refractivity contribution in [1.82, 2.24) is 5.32 Å². The summed E-state index contributed by atoms with van der Waals surface area (Å²) in [7, 11) is 0. The zero-order chi connectivity index (χ0) is 19.4. The average Bonchev–Trinajstić information content (AvgIpc) is 2.64. The van der Waals surface area contributed by atoms with Crippen molar-refractivity contribution in [1.29, 1.82) is 0 Å². The van der Waals surface area contributed by atoms with Gasteiger partial charge in [-0.2, -0.15) is 0 Å². The zero-order valence-corrected chi connectivity index (χ0v) is 14.3. The van der Waals surface area contributed by atoms with Gasteiger partial charge in [-0.1, -0.05) is 48.5 Å². The first-order chi connectivity index (χ1) is 13.0. The van der Waals surface area contributed by atoms with Crippen molar-refractivity contribution in [2.24, 2.45) is 0 Å². The summed E-state index contributed by atoms with van der Waals surface area (Å²) in [6, 6.07) is 15.1. The SMILES string of the molecule is O=C(Cc1c(F)cccc1F)N[C@H](Cc1cccc2ccccc12)C(=O)O. The normalized spacial score (nSPS) is 11.9. The van der Waals surface area contributed by atoms with Crippen LogP contribution in [-0.4, -0.2) is 23.0 Å². The molecule has 0 bridgehead atoms. The van der Waals surface area contributed by atoms with Crippen LogP contribution in [0.15, 0.2) is 60.7 Å². The van der Waals surface area contributed by atoms with Gasteiger partial charge in [0.1, 0.15) is 17.7 Å². The Morgan fingerprint density at radius 2 is 1.56 bits per heavy atom. The van der Waals surface area contributed by atoms with E-state index in [9.17, 15) is 23.5 Å². The third kappa shape index (κ3) is 4.28. The lowest BCUT2D eigenvalue weighted by Crippen LogP contribution is -2.43. The van der Waals surface area contributed by atoms with Gasteiger partial charge in [0.25, 0.3) is 0 Å². The van der Waals surface area contributed by atoms with Gasteiger partial charge in [0.2, 0.25) is 5.91 Å². The summed E-state index contributed by atoms with van der Waals surface area (Å²) < 4.78 is 27.4. The first-order valence-corrected chi connectivity index (χ1v) is 8.37. The molecular weight excluding hydrogens is 352 g/mol. The van der Waals surface area contributed by atoms with E-state index in [2.05, 4.69) is 5.32 Å². The van der Waals surface area contributed by atoms with E-state index in [1.54, 1.807) is 6.07 Å². The van der Waals surface area contributed by atoms with E-state index in [1.165, 1.54) is 6.07 Å². The Balaban J connectivity index is 1.78. The molecule has 0 saturated heterocycles. The molecule has 0 aliphatic heterocycles. The number of amides is 1. The minimum atomic E-state index is -1.22. The highest BCUT2D eigenvalue weighted by atomic mass is 19.1. The molecule has 0 heterocycles. The molecule has 0 aliphatic carbocycles. The van der Waals surface area contributed by atoms with Crippen LogP contribution in [0.5, 0.6) is 0 Å². The van der Waals surface area contributed by atoms with Crippen LogP contribution in [0.25, 0.3) is 10.8 Å². The summed E-state index contributed by atoms with van der Waals surface area (Å²) in [5, 5.41) is 13.7. The lowest BCUT2D eigenvalue weighted by Gasteiger charge is -2.16. The summed E-state index contributed by atoms with van der Waals surface area (Å²) in [6.45, 7) is 0. The van der Waals surface area contributed by atoms with Crippen LogP contribution in [0.1, 0.15) is 11.1 Å². The standard InChI is InChI=1S/C21H17F2NO3/c22-17-9-4-10-18(23)16(17)12-20(25)24-19(21(26)27)11-14-7-3-6-13-5-1-2-8-15(13)14/h1-10,19H,11-12H2,(H,24,25)(H,26,27)/t19-/m1/s1. The number of aliphatic carboxylic acids is 1. The van der Waals surface area contributed by atoms with E-state index >= 15 is 0 Å². The molecule has 2 N–H and O–H groups in total. The molecular formula is C21H17F2NO3. The van der Waals surface area contributed by atoms with Crippen molar-refractivity contribution in [3.05, 3.63) is 83.4 Å². The zero-order valence-electron chi connectivity index (χ0n) is 14.3. The molecule has 0 aromatic heterocycles. The Hall–Kier alpha value is -3.28. The number of hydrogen-bond acceptors (Lipinski definition) is 2. The van der Waals surface area contributed by atoms with Crippen LogP contribution < -0.4 is 5.32 Å². The van der Waals surface area contributed by atoms with Crippen molar-refractivity contribution in [3.63, 3.8) is 0 Å². The van der Waals surface area contributed by atoms with Gasteiger partial charge in [-0.25, -0.2) is 13.6 Å². The second-order valence-corrected chi connectivity index (χ2v) is 6.18. The summed E-state index contributed by atoms with van der Waals surface area (Å²) >= 11 is 0. The van der Waals surface area contributed by atoms with Crippen molar-refractivity contribution in [2.45, 2.75) is 18.9 Å². The first-order valence-electron chi connectivity index (χ1n) is 8.37. The fourth-order valence-electron chi connectivity index (χ4n) is 3.00. The summed E-state index contributed by atoms with van der Waals surface area (Å²) in [5.74, 6) is -3.66. The van der Waals surface area contributed by atoms with Crippen LogP contribution in [0.3, 0.4) is 0 Å². The molecule has 1 amide bonds. The maximum Gasteiger partial charge on any atom is 0.326 e. The van der Waals surface area contributed by atoms with E-state index in [-0.39, 0.29) is 12.0 Å². The number of rotatable bonds is 6. The van der Waals surface area contributed by atoms with Crippen molar-refractivity contribution in [3.8, 4) is 0 Å². The minimum Gasteiger partial charge on any atom is -0.480 e. The lowest BCUT2D eigenvalue weighted by molar-refractivity contribution is -0.141. The van der Waals surface area contributed by atoms with Crippen LogP contribution in [0.4, 0.5) is 8.78 Å². The number of carbonyl (C=O) groups is 2. The number of carbonyl (C=O) groups excluding carboxylic acids is 1. The highest BCUT2D eigenvalue weighted by molar-refractivity contribution is 5.88. The molecule has 0 unspecified atom stereocenters. The van der Waals surface area contributed by atoms with Gasteiger partial charge in [0, 0.05) is 12.0 Å². The third-order valence-electron chi connectivity index (χ3n) is 4.34. The number of halogens is 2. The number of nitrogens with one attached hydrogen (secondary N) is 1. The summed E-state index contributed by atoms with van der Waals surface area (Å²) in [6.07, 6.45) is -0.514. The van der Waals surface area contributed by atoms with Gasteiger partial charge in [-0.15, -0.1) is 0 Å². The Kier molecular flexibility index (Phi) is 5.45. The Morgan fingerprint density at radius 1 is 0.926 bits per heavy atom.